The summed E-state index contributed by atoms with van der Waals surface area (Å²) < 4.78 is 4.82. The minimum Gasteiger partial charge on any atom is -0.465 e. The Hall–Kier alpha value is -0.830. The average molecular weight is 185 g/mol. The van der Waals surface area contributed by atoms with E-state index in [2.05, 4.69) is 13.5 Å². The van der Waals surface area contributed by atoms with Crippen LogP contribution in [0.4, 0.5) is 0 Å². The van der Waals surface area contributed by atoms with E-state index in [1.165, 1.54) is 0 Å². The lowest BCUT2D eigenvalue weighted by molar-refractivity contribution is -0.143. The van der Waals surface area contributed by atoms with Gasteiger partial charge in [0.25, 0.3) is 0 Å². The van der Waals surface area contributed by atoms with Crippen molar-refractivity contribution in [3.8, 4) is 0 Å². The highest BCUT2D eigenvalue weighted by Crippen LogP contribution is 1.98. The molecule has 0 fully saturated rings. The Morgan fingerprint density at radius 3 is 2.46 bits per heavy atom. The van der Waals surface area contributed by atoms with Crippen LogP contribution in [-0.2, 0) is 9.53 Å². The fraction of sp³-hybridized carbons (Fsp3) is 0.700. The third-order valence-electron chi connectivity index (χ3n) is 1.70. The number of hydrogen-bond donors (Lipinski definition) is 0. The molecule has 3 heteroatoms. The summed E-state index contributed by atoms with van der Waals surface area (Å²) in [6, 6.07) is 0. The van der Waals surface area contributed by atoms with Gasteiger partial charge in [0, 0.05) is 6.54 Å². The zero-order valence-electron chi connectivity index (χ0n) is 8.80. The van der Waals surface area contributed by atoms with Gasteiger partial charge in [-0.05, 0) is 20.4 Å². The van der Waals surface area contributed by atoms with Gasteiger partial charge in [-0.15, -0.1) is 0 Å². The van der Waals surface area contributed by atoms with Crippen molar-refractivity contribution in [3.63, 3.8) is 0 Å². The summed E-state index contributed by atoms with van der Waals surface area (Å²) in [7, 11) is 1.89. The largest absolute Gasteiger partial charge is 0.465 e. The lowest BCUT2D eigenvalue weighted by atomic mass is 10.2. The van der Waals surface area contributed by atoms with E-state index in [0.29, 0.717) is 13.2 Å². The molecule has 0 N–H and O–H groups in total. The van der Waals surface area contributed by atoms with Crippen LogP contribution in [0.25, 0.3) is 0 Å². The topological polar surface area (TPSA) is 29.5 Å². The van der Waals surface area contributed by atoms with Gasteiger partial charge < -0.3 is 4.74 Å². The number of likely N-dealkylation sites (N-methyl/N-ethyl adjacent to an activating group) is 1. The molecule has 0 aliphatic carbocycles. The molecule has 76 valence electrons. The molecule has 0 saturated carbocycles. The van der Waals surface area contributed by atoms with Crippen molar-refractivity contribution < 1.29 is 9.53 Å². The number of nitrogens with zero attached hydrogens (tertiary/aromatic N) is 1. The highest BCUT2D eigenvalue weighted by molar-refractivity contribution is 5.71. The maximum Gasteiger partial charge on any atom is 0.320 e. The monoisotopic (exact) mass is 185 g/mol. The molecule has 3 nitrogen and oxygen atoms in total. The van der Waals surface area contributed by atoms with E-state index in [1.54, 1.807) is 0 Å². The van der Waals surface area contributed by atoms with Gasteiger partial charge >= 0.3 is 5.97 Å². The van der Waals surface area contributed by atoms with Crippen LogP contribution >= 0.6 is 0 Å². The molecule has 0 atom stereocenters. The first-order valence-electron chi connectivity index (χ1n) is 4.61. The zero-order valence-corrected chi connectivity index (χ0v) is 8.80. The smallest absolute Gasteiger partial charge is 0.320 e. The van der Waals surface area contributed by atoms with Gasteiger partial charge in [0.05, 0.1) is 13.2 Å². The lowest BCUT2D eigenvalue weighted by Crippen LogP contribution is -2.28. The highest BCUT2D eigenvalue weighted by atomic mass is 16.5. The third-order valence-corrected chi connectivity index (χ3v) is 1.70. The molecule has 0 aliphatic rings. The van der Waals surface area contributed by atoms with Gasteiger partial charge in [-0.2, -0.15) is 0 Å². The predicted molar refractivity (Wildman–Crippen MR) is 53.6 cm³/mol. The number of rotatable bonds is 6. The van der Waals surface area contributed by atoms with E-state index < -0.39 is 0 Å². The molecule has 0 heterocycles. The van der Waals surface area contributed by atoms with Crippen LogP contribution in [0.15, 0.2) is 12.2 Å². The summed E-state index contributed by atoms with van der Waals surface area (Å²) >= 11 is 0. The van der Waals surface area contributed by atoms with Crippen LogP contribution in [0.5, 0.6) is 0 Å². The van der Waals surface area contributed by atoms with Crippen LogP contribution in [0, 0.1) is 0 Å². The first-order valence-corrected chi connectivity index (χ1v) is 4.61. The molecular formula is C10H19NO2. The summed E-state index contributed by atoms with van der Waals surface area (Å²) in [6.45, 7) is 9.28. The SMILES string of the molecule is C=C(CC)CN(C)CC(=O)OCC. The van der Waals surface area contributed by atoms with Gasteiger partial charge in [-0.1, -0.05) is 19.1 Å². The van der Waals surface area contributed by atoms with Gasteiger partial charge in [-0.3, -0.25) is 9.69 Å². The quantitative estimate of drug-likeness (QED) is 0.463. The maximum atomic E-state index is 11.0. The lowest BCUT2D eigenvalue weighted by Gasteiger charge is -2.15. The van der Waals surface area contributed by atoms with E-state index >= 15 is 0 Å². The van der Waals surface area contributed by atoms with Gasteiger partial charge in [0.2, 0.25) is 0 Å². The number of esters is 1. The fourth-order valence-electron chi connectivity index (χ4n) is 0.976. The summed E-state index contributed by atoms with van der Waals surface area (Å²) in [5.41, 5.74) is 1.13. The van der Waals surface area contributed by atoms with Crippen molar-refractivity contribution in [3.05, 3.63) is 12.2 Å². The predicted octanol–water partition coefficient (Wildman–Crippen LogP) is 1.45. The summed E-state index contributed by atoms with van der Waals surface area (Å²) in [6.07, 6.45) is 0.952. The molecule has 0 bridgehead atoms. The van der Waals surface area contributed by atoms with Crippen LogP contribution in [0.1, 0.15) is 20.3 Å². The standard InChI is InChI=1S/C10H19NO2/c1-5-9(3)7-11(4)8-10(12)13-6-2/h3,5-8H2,1-2,4H3. The van der Waals surface area contributed by atoms with E-state index in [4.69, 9.17) is 4.74 Å². The van der Waals surface area contributed by atoms with E-state index in [1.807, 2.05) is 18.9 Å². The van der Waals surface area contributed by atoms with Crippen molar-refractivity contribution in [1.29, 1.82) is 0 Å². The molecule has 0 aliphatic heterocycles. The molecule has 13 heavy (non-hydrogen) atoms. The van der Waals surface area contributed by atoms with Crippen molar-refractivity contribution >= 4 is 5.97 Å². The molecule has 0 rings (SSSR count). The normalized spacial score (nSPS) is 10.2. The number of hydrogen-bond acceptors (Lipinski definition) is 3. The molecule has 0 unspecified atom stereocenters. The van der Waals surface area contributed by atoms with Gasteiger partial charge in [0.15, 0.2) is 0 Å². The van der Waals surface area contributed by atoms with Gasteiger partial charge in [0.1, 0.15) is 0 Å². The molecule has 0 aromatic rings. The van der Waals surface area contributed by atoms with Crippen LogP contribution in [-0.4, -0.2) is 37.6 Å². The summed E-state index contributed by atoms with van der Waals surface area (Å²) in [5.74, 6) is -0.172. The summed E-state index contributed by atoms with van der Waals surface area (Å²) in [4.78, 5) is 12.9. The van der Waals surface area contributed by atoms with Crippen molar-refractivity contribution in [2.45, 2.75) is 20.3 Å². The number of ether oxygens (including phenoxy) is 1. The Labute approximate surface area is 80.4 Å². The molecule has 0 amide bonds. The van der Waals surface area contributed by atoms with Crippen molar-refractivity contribution in [1.82, 2.24) is 4.90 Å². The Balaban J connectivity index is 3.67. The van der Waals surface area contributed by atoms with Crippen LogP contribution in [0.3, 0.4) is 0 Å². The van der Waals surface area contributed by atoms with Crippen LogP contribution in [0.2, 0.25) is 0 Å². The zero-order chi connectivity index (χ0) is 10.3. The fourth-order valence-corrected chi connectivity index (χ4v) is 0.976. The van der Waals surface area contributed by atoms with Crippen LogP contribution < -0.4 is 0 Å². The Bertz CT molecular complexity index is 178. The maximum absolute atomic E-state index is 11.0. The first kappa shape index (κ1) is 12.2. The molecule has 0 radical (unpaired) electrons. The van der Waals surface area contributed by atoms with E-state index in [9.17, 15) is 4.79 Å². The Kier molecular flexibility index (Phi) is 6.24. The average Bonchev–Trinajstić information content (AvgIpc) is 2.04. The number of carbonyl (C=O) groups excluding carboxylic acids is 1. The Morgan fingerprint density at radius 2 is 2.00 bits per heavy atom. The molecule has 0 aromatic carbocycles. The minimum absolute atomic E-state index is 0.172. The number of carbonyl (C=O) groups is 1. The highest BCUT2D eigenvalue weighted by Gasteiger charge is 2.06. The third kappa shape index (κ3) is 6.34. The second-order valence-electron chi connectivity index (χ2n) is 3.08. The van der Waals surface area contributed by atoms with Gasteiger partial charge in [-0.25, -0.2) is 0 Å². The molecule has 0 spiro atoms. The minimum atomic E-state index is -0.172. The van der Waals surface area contributed by atoms with E-state index in [0.717, 1.165) is 18.5 Å². The molecular weight excluding hydrogens is 166 g/mol. The molecule has 0 saturated heterocycles. The Morgan fingerprint density at radius 1 is 1.38 bits per heavy atom. The molecule has 0 aromatic heterocycles. The first-order chi connectivity index (χ1) is 6.10. The second-order valence-corrected chi connectivity index (χ2v) is 3.08. The summed E-state index contributed by atoms with van der Waals surface area (Å²) in [5, 5.41) is 0. The van der Waals surface area contributed by atoms with Crippen molar-refractivity contribution in [2.24, 2.45) is 0 Å². The van der Waals surface area contributed by atoms with Crippen molar-refractivity contribution in [2.75, 3.05) is 26.7 Å². The second kappa shape index (κ2) is 6.66. The van der Waals surface area contributed by atoms with E-state index in [-0.39, 0.29) is 5.97 Å².